The minimum Gasteiger partial charge on any atom is -0.389 e. The minimum absolute atomic E-state index is 0.0489. The Hall–Kier alpha value is -0.610. The first kappa shape index (κ1) is 7.50. The molecule has 1 fully saturated rings. The lowest BCUT2D eigenvalue weighted by molar-refractivity contribution is -0.140. The SMILES string of the molecule is NCCC(=O)N1CC(O)C1. The molecule has 0 aliphatic carbocycles. The van der Waals surface area contributed by atoms with E-state index in [0.717, 1.165) is 0 Å². The molecule has 3 N–H and O–H groups in total. The Balaban J connectivity index is 2.18. The van der Waals surface area contributed by atoms with E-state index in [4.69, 9.17) is 10.8 Å². The van der Waals surface area contributed by atoms with Crippen LogP contribution in [-0.4, -0.2) is 41.7 Å². The minimum atomic E-state index is -0.304. The summed E-state index contributed by atoms with van der Waals surface area (Å²) in [5.41, 5.74) is 5.17. The molecule has 0 aromatic rings. The van der Waals surface area contributed by atoms with Crippen molar-refractivity contribution in [2.45, 2.75) is 12.5 Å². The number of aliphatic hydroxyl groups excluding tert-OH is 1. The summed E-state index contributed by atoms with van der Waals surface area (Å²) in [7, 11) is 0. The van der Waals surface area contributed by atoms with Crippen LogP contribution >= 0.6 is 0 Å². The van der Waals surface area contributed by atoms with Crippen molar-refractivity contribution in [2.24, 2.45) is 5.73 Å². The van der Waals surface area contributed by atoms with E-state index in [1.54, 1.807) is 4.90 Å². The first-order chi connectivity index (χ1) is 4.74. The molecule has 0 atom stereocenters. The van der Waals surface area contributed by atoms with Gasteiger partial charge in [0.05, 0.1) is 6.10 Å². The summed E-state index contributed by atoms with van der Waals surface area (Å²) < 4.78 is 0. The molecule has 4 nitrogen and oxygen atoms in total. The molecular weight excluding hydrogens is 132 g/mol. The van der Waals surface area contributed by atoms with Crippen molar-refractivity contribution in [1.29, 1.82) is 0 Å². The van der Waals surface area contributed by atoms with Crippen LogP contribution < -0.4 is 5.73 Å². The van der Waals surface area contributed by atoms with Gasteiger partial charge in [0.25, 0.3) is 0 Å². The summed E-state index contributed by atoms with van der Waals surface area (Å²) in [6.45, 7) is 1.36. The lowest BCUT2D eigenvalue weighted by Gasteiger charge is -2.35. The largest absolute Gasteiger partial charge is 0.389 e. The third kappa shape index (κ3) is 1.46. The molecule has 1 heterocycles. The van der Waals surface area contributed by atoms with Crippen molar-refractivity contribution < 1.29 is 9.90 Å². The maximum atomic E-state index is 10.9. The van der Waals surface area contributed by atoms with Crippen molar-refractivity contribution in [2.75, 3.05) is 19.6 Å². The Morgan fingerprint density at radius 3 is 2.70 bits per heavy atom. The van der Waals surface area contributed by atoms with E-state index in [1.165, 1.54) is 0 Å². The molecule has 1 aliphatic rings. The molecule has 0 bridgehead atoms. The number of aliphatic hydroxyl groups is 1. The topological polar surface area (TPSA) is 66.6 Å². The van der Waals surface area contributed by atoms with Gasteiger partial charge in [0.2, 0.25) is 5.91 Å². The fourth-order valence-electron chi connectivity index (χ4n) is 0.941. The normalized spacial score (nSPS) is 18.8. The van der Waals surface area contributed by atoms with E-state index in [0.29, 0.717) is 26.1 Å². The highest BCUT2D eigenvalue weighted by Gasteiger charge is 2.27. The Morgan fingerprint density at radius 1 is 1.70 bits per heavy atom. The molecule has 0 radical (unpaired) electrons. The summed E-state index contributed by atoms with van der Waals surface area (Å²) in [6, 6.07) is 0. The first-order valence-electron chi connectivity index (χ1n) is 3.40. The predicted octanol–water partition coefficient (Wildman–Crippen LogP) is -1.46. The van der Waals surface area contributed by atoms with Gasteiger partial charge in [0, 0.05) is 26.1 Å². The highest BCUT2D eigenvalue weighted by molar-refractivity contribution is 5.77. The van der Waals surface area contributed by atoms with E-state index in [1.807, 2.05) is 0 Å². The van der Waals surface area contributed by atoms with E-state index >= 15 is 0 Å². The van der Waals surface area contributed by atoms with Gasteiger partial charge < -0.3 is 15.7 Å². The second kappa shape index (κ2) is 2.98. The smallest absolute Gasteiger partial charge is 0.224 e. The van der Waals surface area contributed by atoms with Crippen LogP contribution in [-0.2, 0) is 4.79 Å². The van der Waals surface area contributed by atoms with Gasteiger partial charge in [-0.1, -0.05) is 0 Å². The molecule has 0 aromatic heterocycles. The van der Waals surface area contributed by atoms with Crippen LogP contribution in [0.15, 0.2) is 0 Å². The molecule has 4 heteroatoms. The van der Waals surface area contributed by atoms with Gasteiger partial charge in [-0.05, 0) is 0 Å². The Kier molecular flexibility index (Phi) is 2.24. The van der Waals surface area contributed by atoms with Gasteiger partial charge in [-0.25, -0.2) is 0 Å². The molecule has 0 unspecified atom stereocenters. The summed E-state index contributed by atoms with van der Waals surface area (Å²) in [5, 5.41) is 8.81. The Bertz CT molecular complexity index is 132. The van der Waals surface area contributed by atoms with Crippen LogP contribution in [0.4, 0.5) is 0 Å². The predicted molar refractivity (Wildman–Crippen MR) is 36.3 cm³/mol. The molecule has 1 amide bonds. The number of likely N-dealkylation sites (tertiary alicyclic amines) is 1. The van der Waals surface area contributed by atoms with Crippen LogP contribution in [0.5, 0.6) is 0 Å². The number of carbonyl (C=O) groups excluding carboxylic acids is 1. The zero-order valence-corrected chi connectivity index (χ0v) is 5.79. The van der Waals surface area contributed by atoms with Crippen molar-refractivity contribution in [1.82, 2.24) is 4.90 Å². The molecule has 0 aromatic carbocycles. The van der Waals surface area contributed by atoms with Gasteiger partial charge in [-0.2, -0.15) is 0 Å². The lowest BCUT2D eigenvalue weighted by Crippen LogP contribution is -2.53. The lowest BCUT2D eigenvalue weighted by atomic mass is 10.1. The average Bonchev–Trinajstić information content (AvgIpc) is 1.82. The highest BCUT2D eigenvalue weighted by Crippen LogP contribution is 2.07. The second-order valence-electron chi connectivity index (χ2n) is 2.49. The number of hydrogen-bond acceptors (Lipinski definition) is 3. The van der Waals surface area contributed by atoms with Crippen LogP contribution in [0.25, 0.3) is 0 Å². The van der Waals surface area contributed by atoms with E-state index in [2.05, 4.69) is 0 Å². The Morgan fingerprint density at radius 2 is 2.30 bits per heavy atom. The molecule has 1 saturated heterocycles. The number of β-amino-alcohol motifs (C(OH)–C–C–N with tert-alkyl or cyclic N) is 1. The van der Waals surface area contributed by atoms with Crippen LogP contribution in [0.1, 0.15) is 6.42 Å². The molecule has 1 rings (SSSR count). The molecule has 0 spiro atoms. The molecule has 1 aliphatic heterocycles. The average molecular weight is 144 g/mol. The van der Waals surface area contributed by atoms with Gasteiger partial charge in [-0.3, -0.25) is 4.79 Å². The molecule has 58 valence electrons. The van der Waals surface area contributed by atoms with E-state index < -0.39 is 0 Å². The van der Waals surface area contributed by atoms with E-state index in [9.17, 15) is 4.79 Å². The molecular formula is C6H12N2O2. The monoisotopic (exact) mass is 144 g/mol. The number of hydrogen-bond donors (Lipinski definition) is 2. The fourth-order valence-corrected chi connectivity index (χ4v) is 0.941. The van der Waals surface area contributed by atoms with Crippen molar-refractivity contribution in [3.8, 4) is 0 Å². The summed E-state index contributed by atoms with van der Waals surface area (Å²) in [5.74, 6) is 0.0489. The van der Waals surface area contributed by atoms with Crippen molar-refractivity contribution in [3.63, 3.8) is 0 Å². The summed E-state index contributed by atoms with van der Waals surface area (Å²) in [6.07, 6.45) is 0.0916. The maximum Gasteiger partial charge on any atom is 0.224 e. The summed E-state index contributed by atoms with van der Waals surface area (Å²) in [4.78, 5) is 12.5. The van der Waals surface area contributed by atoms with Gasteiger partial charge in [0.15, 0.2) is 0 Å². The van der Waals surface area contributed by atoms with E-state index in [-0.39, 0.29) is 12.0 Å². The van der Waals surface area contributed by atoms with Crippen LogP contribution in [0.3, 0.4) is 0 Å². The van der Waals surface area contributed by atoms with Crippen molar-refractivity contribution >= 4 is 5.91 Å². The van der Waals surface area contributed by atoms with Crippen LogP contribution in [0, 0.1) is 0 Å². The zero-order valence-electron chi connectivity index (χ0n) is 5.79. The molecule has 0 saturated carbocycles. The van der Waals surface area contributed by atoms with Gasteiger partial charge in [0.1, 0.15) is 0 Å². The first-order valence-corrected chi connectivity index (χ1v) is 3.40. The number of amides is 1. The van der Waals surface area contributed by atoms with Crippen LogP contribution in [0.2, 0.25) is 0 Å². The number of carbonyl (C=O) groups is 1. The third-order valence-electron chi connectivity index (χ3n) is 1.57. The molecule has 10 heavy (non-hydrogen) atoms. The fraction of sp³-hybridized carbons (Fsp3) is 0.833. The number of nitrogens with two attached hydrogens (primary N) is 1. The van der Waals surface area contributed by atoms with Gasteiger partial charge >= 0.3 is 0 Å². The number of rotatable bonds is 2. The summed E-state index contributed by atoms with van der Waals surface area (Å²) >= 11 is 0. The third-order valence-corrected chi connectivity index (χ3v) is 1.57. The number of nitrogens with zero attached hydrogens (tertiary/aromatic N) is 1. The Labute approximate surface area is 59.6 Å². The zero-order chi connectivity index (χ0) is 7.56. The highest BCUT2D eigenvalue weighted by atomic mass is 16.3. The standard InChI is InChI=1S/C6H12N2O2/c7-2-1-6(10)8-3-5(9)4-8/h5,9H,1-4,7H2. The quantitative estimate of drug-likeness (QED) is 0.497. The maximum absolute atomic E-state index is 10.9. The van der Waals surface area contributed by atoms with Gasteiger partial charge in [-0.15, -0.1) is 0 Å². The second-order valence-corrected chi connectivity index (χ2v) is 2.49. The van der Waals surface area contributed by atoms with Crippen molar-refractivity contribution in [3.05, 3.63) is 0 Å².